The van der Waals surface area contributed by atoms with E-state index in [2.05, 4.69) is 15.5 Å². The van der Waals surface area contributed by atoms with Crippen LogP contribution in [0.3, 0.4) is 0 Å². The molecule has 6 heteroatoms. The third-order valence-electron chi connectivity index (χ3n) is 4.53. The fraction of sp³-hybridized carbons (Fsp3) is 0.211. The van der Waals surface area contributed by atoms with Crippen molar-refractivity contribution in [2.24, 2.45) is 0 Å². The van der Waals surface area contributed by atoms with Crippen LogP contribution in [0.5, 0.6) is 5.75 Å². The van der Waals surface area contributed by atoms with Gasteiger partial charge >= 0.3 is 0 Å². The molecule has 4 rings (SSSR count). The summed E-state index contributed by atoms with van der Waals surface area (Å²) in [5, 5.41) is 6.83. The number of carbonyl (C=O) groups excluding carboxylic acids is 1. The van der Waals surface area contributed by atoms with Gasteiger partial charge in [-0.15, -0.1) is 0 Å². The van der Waals surface area contributed by atoms with Gasteiger partial charge in [0, 0.05) is 24.0 Å². The molecule has 3 aromatic rings. The van der Waals surface area contributed by atoms with Crippen molar-refractivity contribution in [1.82, 2.24) is 10.1 Å². The minimum atomic E-state index is -0.493. The smallest absolute Gasteiger partial charge is 0.237 e. The van der Waals surface area contributed by atoms with Gasteiger partial charge in [0.05, 0.1) is 12.5 Å². The second-order valence-corrected chi connectivity index (χ2v) is 6.08. The lowest BCUT2D eigenvalue weighted by atomic mass is 9.95. The van der Waals surface area contributed by atoms with Gasteiger partial charge < -0.3 is 9.26 Å². The Kier molecular flexibility index (Phi) is 3.72. The Balaban J connectivity index is 1.51. The highest BCUT2D eigenvalue weighted by Crippen LogP contribution is 2.49. The molecule has 0 bridgehead atoms. The van der Waals surface area contributed by atoms with Gasteiger partial charge in [-0.05, 0) is 42.7 Å². The number of benzene rings is 1. The van der Waals surface area contributed by atoms with Gasteiger partial charge in [0.2, 0.25) is 11.8 Å². The molecular weight excluding hydrogens is 318 g/mol. The molecule has 2 heterocycles. The van der Waals surface area contributed by atoms with Crippen molar-refractivity contribution in [1.29, 1.82) is 0 Å². The Morgan fingerprint density at radius 3 is 2.68 bits per heavy atom. The topological polar surface area (TPSA) is 77.2 Å². The third kappa shape index (κ3) is 2.87. The van der Waals surface area contributed by atoms with Gasteiger partial charge in [0.1, 0.15) is 11.4 Å². The van der Waals surface area contributed by atoms with E-state index in [1.165, 1.54) is 0 Å². The summed E-state index contributed by atoms with van der Waals surface area (Å²) in [5.74, 6) is 1.03. The van der Waals surface area contributed by atoms with Crippen molar-refractivity contribution in [2.75, 3.05) is 12.4 Å². The Labute approximate surface area is 144 Å². The summed E-state index contributed by atoms with van der Waals surface area (Å²) in [6.45, 7) is 0. The minimum absolute atomic E-state index is 0.0773. The van der Waals surface area contributed by atoms with Crippen molar-refractivity contribution < 1.29 is 14.1 Å². The van der Waals surface area contributed by atoms with Crippen LogP contribution in [0.2, 0.25) is 0 Å². The van der Waals surface area contributed by atoms with Gasteiger partial charge in [-0.3, -0.25) is 15.1 Å². The van der Waals surface area contributed by atoms with Crippen molar-refractivity contribution in [2.45, 2.75) is 18.3 Å². The normalized spacial score (nSPS) is 14.8. The van der Waals surface area contributed by atoms with E-state index in [9.17, 15) is 4.79 Å². The second-order valence-electron chi connectivity index (χ2n) is 6.08. The van der Waals surface area contributed by atoms with E-state index >= 15 is 0 Å². The highest BCUT2D eigenvalue weighted by Gasteiger charge is 2.51. The molecule has 1 N–H and O–H groups in total. The molecule has 1 amide bonds. The van der Waals surface area contributed by atoms with E-state index in [4.69, 9.17) is 9.26 Å². The first-order chi connectivity index (χ1) is 12.2. The van der Waals surface area contributed by atoms with E-state index in [-0.39, 0.29) is 5.91 Å². The number of hydrogen-bond donors (Lipinski definition) is 1. The molecule has 0 saturated heterocycles. The molecule has 6 nitrogen and oxygen atoms in total. The summed E-state index contributed by atoms with van der Waals surface area (Å²) in [4.78, 5) is 16.8. The Morgan fingerprint density at radius 2 is 2.04 bits per heavy atom. The van der Waals surface area contributed by atoms with Crippen LogP contribution >= 0.6 is 0 Å². The number of anilines is 1. The molecule has 1 aliphatic carbocycles. The number of hydrogen-bond acceptors (Lipinski definition) is 5. The van der Waals surface area contributed by atoms with Crippen LogP contribution in [0, 0.1) is 0 Å². The summed E-state index contributed by atoms with van der Waals surface area (Å²) >= 11 is 0. The largest absolute Gasteiger partial charge is 0.497 e. The lowest BCUT2D eigenvalue weighted by Crippen LogP contribution is -2.27. The summed E-state index contributed by atoms with van der Waals surface area (Å²) in [5.41, 5.74) is 1.96. The quantitative estimate of drug-likeness (QED) is 0.773. The zero-order chi connectivity index (χ0) is 17.3. The molecule has 0 unspecified atom stereocenters. The number of aromatic nitrogens is 2. The lowest BCUT2D eigenvalue weighted by molar-refractivity contribution is -0.118. The molecular formula is C19H17N3O3. The molecule has 25 heavy (non-hydrogen) atoms. The molecule has 1 saturated carbocycles. The molecule has 126 valence electrons. The van der Waals surface area contributed by atoms with Crippen molar-refractivity contribution in [3.8, 4) is 17.0 Å². The fourth-order valence-corrected chi connectivity index (χ4v) is 2.90. The second kappa shape index (κ2) is 6.05. The van der Waals surface area contributed by atoms with Gasteiger partial charge in [-0.2, -0.15) is 0 Å². The average molecular weight is 335 g/mol. The van der Waals surface area contributed by atoms with Crippen LogP contribution in [0.4, 0.5) is 5.88 Å². The van der Waals surface area contributed by atoms with Crippen molar-refractivity contribution in [3.05, 3.63) is 60.4 Å². The third-order valence-corrected chi connectivity index (χ3v) is 4.53. The van der Waals surface area contributed by atoms with Crippen LogP contribution < -0.4 is 10.1 Å². The Morgan fingerprint density at radius 1 is 1.24 bits per heavy atom. The molecule has 0 spiro atoms. The first-order valence-corrected chi connectivity index (χ1v) is 8.04. The minimum Gasteiger partial charge on any atom is -0.497 e. The maximum atomic E-state index is 12.8. The first kappa shape index (κ1) is 15.4. The SMILES string of the molecule is COc1ccc(C2(C(=O)Nc3cc(-c4cccnc4)no3)CC2)cc1. The van der Waals surface area contributed by atoms with E-state index in [1.807, 2.05) is 36.4 Å². The number of methoxy groups -OCH3 is 1. The number of carbonyl (C=O) groups is 1. The number of rotatable bonds is 5. The molecule has 1 aliphatic rings. The predicted molar refractivity (Wildman–Crippen MR) is 92.3 cm³/mol. The summed E-state index contributed by atoms with van der Waals surface area (Å²) in [6.07, 6.45) is 5.02. The number of amides is 1. The summed E-state index contributed by atoms with van der Waals surface area (Å²) in [6, 6.07) is 13.0. The van der Waals surface area contributed by atoms with Crippen LogP contribution in [0.25, 0.3) is 11.3 Å². The highest BCUT2D eigenvalue weighted by atomic mass is 16.5. The number of nitrogens with one attached hydrogen (secondary N) is 1. The standard InChI is InChI=1S/C19H17N3O3/c1-24-15-6-4-14(5-7-15)19(8-9-19)18(23)21-17-11-16(22-25-17)13-3-2-10-20-12-13/h2-7,10-12H,8-9H2,1H3,(H,21,23). The highest BCUT2D eigenvalue weighted by molar-refractivity contribution is 6.00. The maximum Gasteiger partial charge on any atom is 0.237 e. The number of ether oxygens (including phenoxy) is 1. The van der Waals surface area contributed by atoms with Crippen LogP contribution in [-0.4, -0.2) is 23.2 Å². The zero-order valence-corrected chi connectivity index (χ0v) is 13.7. The van der Waals surface area contributed by atoms with Crippen LogP contribution in [0.1, 0.15) is 18.4 Å². The molecule has 0 radical (unpaired) electrons. The predicted octanol–water partition coefficient (Wildman–Crippen LogP) is 3.42. The van der Waals surface area contributed by atoms with E-state index < -0.39 is 5.41 Å². The van der Waals surface area contributed by atoms with Crippen LogP contribution in [-0.2, 0) is 10.2 Å². The van der Waals surface area contributed by atoms with E-state index in [0.717, 1.165) is 29.7 Å². The lowest BCUT2D eigenvalue weighted by Gasteiger charge is -2.14. The summed E-state index contributed by atoms with van der Waals surface area (Å²) in [7, 11) is 1.62. The van der Waals surface area contributed by atoms with Gasteiger partial charge in [-0.25, -0.2) is 0 Å². The molecule has 1 aromatic carbocycles. The van der Waals surface area contributed by atoms with Gasteiger partial charge in [0.25, 0.3) is 0 Å². The van der Waals surface area contributed by atoms with Crippen molar-refractivity contribution >= 4 is 11.8 Å². The Hall–Kier alpha value is -3.15. The molecule has 1 fully saturated rings. The maximum absolute atomic E-state index is 12.8. The zero-order valence-electron chi connectivity index (χ0n) is 13.7. The Bertz CT molecular complexity index is 884. The molecule has 2 aromatic heterocycles. The van der Waals surface area contributed by atoms with Crippen LogP contribution in [0.15, 0.2) is 59.4 Å². The average Bonchev–Trinajstić information content (AvgIpc) is 3.36. The first-order valence-electron chi connectivity index (χ1n) is 8.04. The van der Waals surface area contributed by atoms with Gasteiger partial charge in [-0.1, -0.05) is 17.3 Å². The summed E-state index contributed by atoms with van der Waals surface area (Å²) < 4.78 is 10.4. The van der Waals surface area contributed by atoms with E-state index in [0.29, 0.717) is 11.6 Å². The van der Waals surface area contributed by atoms with E-state index in [1.54, 1.807) is 25.6 Å². The molecule has 0 aliphatic heterocycles. The van der Waals surface area contributed by atoms with Crippen molar-refractivity contribution in [3.63, 3.8) is 0 Å². The number of pyridine rings is 1. The fourth-order valence-electron chi connectivity index (χ4n) is 2.90. The number of nitrogens with zero attached hydrogens (tertiary/aromatic N) is 2. The molecule has 0 atom stereocenters. The monoisotopic (exact) mass is 335 g/mol. The van der Waals surface area contributed by atoms with Gasteiger partial charge in [0.15, 0.2) is 0 Å².